The number of allylic oxidation sites excluding steroid dienone is 1. The Kier molecular flexibility index (Phi) is 3.13. The van der Waals surface area contributed by atoms with Gasteiger partial charge in [0.2, 0.25) is 0 Å². The van der Waals surface area contributed by atoms with Crippen LogP contribution in [0.1, 0.15) is 33.6 Å². The van der Waals surface area contributed by atoms with Crippen molar-refractivity contribution in [3.63, 3.8) is 0 Å². The topological polar surface area (TPSA) is 3.24 Å². The zero-order valence-corrected chi connectivity index (χ0v) is 7.93. The largest absolute Gasteiger partial charge is 0.297 e. The van der Waals surface area contributed by atoms with E-state index in [9.17, 15) is 0 Å². The van der Waals surface area contributed by atoms with E-state index < -0.39 is 0 Å². The molecule has 0 aromatic carbocycles. The second-order valence-corrected chi connectivity index (χ2v) is 3.60. The van der Waals surface area contributed by atoms with Crippen molar-refractivity contribution < 1.29 is 0 Å². The summed E-state index contributed by atoms with van der Waals surface area (Å²) in [6, 6.07) is 0.913. The molecule has 0 spiro atoms. The quantitative estimate of drug-likeness (QED) is 0.561. The second kappa shape index (κ2) is 3.91. The lowest BCUT2D eigenvalue weighted by molar-refractivity contribution is 0.308. The molecule has 1 saturated carbocycles. The third kappa shape index (κ3) is 3.06. The zero-order chi connectivity index (χ0) is 8.27. The number of hydrogen-bond acceptors (Lipinski definition) is 1. The first-order valence-corrected chi connectivity index (χ1v) is 4.61. The van der Waals surface area contributed by atoms with Gasteiger partial charge in [-0.25, -0.2) is 0 Å². The van der Waals surface area contributed by atoms with Gasteiger partial charge in [-0.1, -0.05) is 18.6 Å². The van der Waals surface area contributed by atoms with E-state index in [0.717, 1.165) is 12.6 Å². The zero-order valence-electron chi connectivity index (χ0n) is 7.93. The monoisotopic (exact) mass is 153 g/mol. The normalized spacial score (nSPS) is 17.1. The minimum atomic E-state index is 0.913. The summed E-state index contributed by atoms with van der Waals surface area (Å²) in [5, 5.41) is 0. The molecule has 0 aliphatic heterocycles. The fourth-order valence-electron chi connectivity index (χ4n) is 1.28. The molecule has 0 bridgehead atoms. The molecule has 1 aliphatic rings. The lowest BCUT2D eigenvalue weighted by atomic mass is 10.3. The molecule has 0 unspecified atom stereocenters. The highest BCUT2D eigenvalue weighted by atomic mass is 15.2. The van der Waals surface area contributed by atoms with Gasteiger partial charge in [-0.05, 0) is 33.2 Å². The van der Waals surface area contributed by atoms with Crippen molar-refractivity contribution >= 4 is 0 Å². The van der Waals surface area contributed by atoms with Gasteiger partial charge >= 0.3 is 0 Å². The van der Waals surface area contributed by atoms with Crippen LogP contribution in [0.15, 0.2) is 11.6 Å². The average molecular weight is 153 g/mol. The van der Waals surface area contributed by atoms with Crippen molar-refractivity contribution in [1.29, 1.82) is 0 Å². The van der Waals surface area contributed by atoms with E-state index in [1.807, 2.05) is 0 Å². The fraction of sp³-hybridized carbons (Fsp3) is 0.800. The summed E-state index contributed by atoms with van der Waals surface area (Å²) in [7, 11) is 0. The molecular formula is C10H19N. The van der Waals surface area contributed by atoms with E-state index in [1.54, 1.807) is 0 Å². The second-order valence-electron chi connectivity index (χ2n) is 3.60. The Bertz CT molecular complexity index is 141. The summed E-state index contributed by atoms with van der Waals surface area (Å²) in [4.78, 5) is 2.55. The van der Waals surface area contributed by atoms with Crippen LogP contribution in [0.2, 0.25) is 0 Å². The summed E-state index contributed by atoms with van der Waals surface area (Å²) in [5.41, 5.74) is 1.43. The number of likely N-dealkylation sites (N-methyl/N-ethyl adjacent to an activating group) is 1. The van der Waals surface area contributed by atoms with E-state index in [-0.39, 0.29) is 0 Å². The van der Waals surface area contributed by atoms with Crippen molar-refractivity contribution in [1.82, 2.24) is 4.90 Å². The lowest BCUT2D eigenvalue weighted by Gasteiger charge is -2.17. The maximum atomic E-state index is 2.55. The molecule has 0 aromatic heterocycles. The number of rotatable bonds is 4. The molecule has 1 aliphatic carbocycles. The van der Waals surface area contributed by atoms with Gasteiger partial charge in [0.25, 0.3) is 0 Å². The highest BCUT2D eigenvalue weighted by Gasteiger charge is 2.26. The van der Waals surface area contributed by atoms with Gasteiger partial charge in [-0.2, -0.15) is 0 Å². The third-order valence-electron chi connectivity index (χ3n) is 2.20. The van der Waals surface area contributed by atoms with Gasteiger partial charge in [0.05, 0.1) is 0 Å². The van der Waals surface area contributed by atoms with E-state index in [1.165, 1.54) is 25.0 Å². The van der Waals surface area contributed by atoms with Crippen LogP contribution in [-0.4, -0.2) is 24.0 Å². The van der Waals surface area contributed by atoms with Crippen LogP contribution in [0.25, 0.3) is 0 Å². The van der Waals surface area contributed by atoms with Gasteiger partial charge in [0, 0.05) is 12.6 Å². The molecule has 1 fully saturated rings. The molecule has 0 radical (unpaired) electrons. The molecule has 11 heavy (non-hydrogen) atoms. The van der Waals surface area contributed by atoms with Crippen molar-refractivity contribution in [2.45, 2.75) is 39.7 Å². The fourth-order valence-corrected chi connectivity index (χ4v) is 1.28. The summed E-state index contributed by atoms with van der Waals surface area (Å²) in [5.74, 6) is 0. The highest BCUT2D eigenvalue weighted by Crippen LogP contribution is 2.26. The van der Waals surface area contributed by atoms with Crippen LogP contribution in [0.4, 0.5) is 0 Å². The maximum absolute atomic E-state index is 2.55. The third-order valence-corrected chi connectivity index (χ3v) is 2.20. The van der Waals surface area contributed by atoms with E-state index in [0.29, 0.717) is 0 Å². The molecule has 0 heterocycles. The highest BCUT2D eigenvalue weighted by molar-refractivity contribution is 4.97. The summed E-state index contributed by atoms with van der Waals surface area (Å²) < 4.78 is 0. The summed E-state index contributed by atoms with van der Waals surface area (Å²) >= 11 is 0. The Balaban J connectivity index is 2.25. The molecule has 0 aromatic rings. The molecule has 1 nitrogen and oxygen atoms in total. The average Bonchev–Trinajstić information content (AvgIpc) is 2.72. The smallest absolute Gasteiger partial charge is 0.0168 e. The molecule has 0 N–H and O–H groups in total. The molecule has 1 rings (SSSR count). The van der Waals surface area contributed by atoms with Crippen LogP contribution < -0.4 is 0 Å². The van der Waals surface area contributed by atoms with Gasteiger partial charge in [-0.15, -0.1) is 0 Å². The number of nitrogens with zero attached hydrogens (tertiary/aromatic N) is 1. The van der Waals surface area contributed by atoms with Crippen LogP contribution in [0, 0.1) is 0 Å². The lowest BCUT2D eigenvalue weighted by Crippen LogP contribution is -2.25. The Morgan fingerprint density at radius 3 is 2.45 bits per heavy atom. The van der Waals surface area contributed by atoms with E-state index >= 15 is 0 Å². The standard InChI is InChI=1S/C10H19N/c1-4-11(10-5-6-10)8-7-9(2)3/h7,10H,4-6,8H2,1-3H3. The number of hydrogen-bond donors (Lipinski definition) is 0. The predicted octanol–water partition coefficient (Wildman–Crippen LogP) is 2.44. The molecular weight excluding hydrogens is 134 g/mol. The minimum Gasteiger partial charge on any atom is -0.297 e. The molecule has 0 amide bonds. The van der Waals surface area contributed by atoms with Crippen molar-refractivity contribution in [2.75, 3.05) is 13.1 Å². The first-order chi connectivity index (χ1) is 5.24. The van der Waals surface area contributed by atoms with Gasteiger partial charge in [0.1, 0.15) is 0 Å². The predicted molar refractivity (Wildman–Crippen MR) is 49.7 cm³/mol. The maximum Gasteiger partial charge on any atom is 0.0168 e. The van der Waals surface area contributed by atoms with Gasteiger partial charge in [0.15, 0.2) is 0 Å². The van der Waals surface area contributed by atoms with E-state index in [2.05, 4.69) is 31.7 Å². The Hall–Kier alpha value is -0.300. The minimum absolute atomic E-state index is 0.913. The van der Waals surface area contributed by atoms with Gasteiger partial charge in [-0.3, -0.25) is 4.90 Å². The van der Waals surface area contributed by atoms with Crippen molar-refractivity contribution in [2.24, 2.45) is 0 Å². The Labute approximate surface area is 70.1 Å². The van der Waals surface area contributed by atoms with Gasteiger partial charge < -0.3 is 0 Å². The first kappa shape index (κ1) is 8.79. The van der Waals surface area contributed by atoms with Crippen molar-refractivity contribution in [3.05, 3.63) is 11.6 Å². The molecule has 0 saturated heterocycles. The Morgan fingerprint density at radius 1 is 1.45 bits per heavy atom. The van der Waals surface area contributed by atoms with Crippen LogP contribution >= 0.6 is 0 Å². The van der Waals surface area contributed by atoms with E-state index in [4.69, 9.17) is 0 Å². The van der Waals surface area contributed by atoms with Crippen LogP contribution in [0.3, 0.4) is 0 Å². The molecule has 0 atom stereocenters. The van der Waals surface area contributed by atoms with Crippen LogP contribution in [0.5, 0.6) is 0 Å². The summed E-state index contributed by atoms with van der Waals surface area (Å²) in [6.45, 7) is 8.94. The van der Waals surface area contributed by atoms with Crippen LogP contribution in [-0.2, 0) is 0 Å². The Morgan fingerprint density at radius 2 is 2.09 bits per heavy atom. The van der Waals surface area contributed by atoms with Crippen molar-refractivity contribution in [3.8, 4) is 0 Å². The molecule has 1 heteroatoms. The molecule has 64 valence electrons. The first-order valence-electron chi connectivity index (χ1n) is 4.61. The SMILES string of the molecule is CCN(CC=C(C)C)C1CC1. The summed E-state index contributed by atoms with van der Waals surface area (Å²) in [6.07, 6.45) is 5.16.